The number of likely N-dealkylation sites (tertiary alicyclic amines) is 1. The first kappa shape index (κ1) is 13.9. The van der Waals surface area contributed by atoms with Gasteiger partial charge in [-0.1, -0.05) is 0 Å². The van der Waals surface area contributed by atoms with Gasteiger partial charge in [-0.2, -0.15) is 0 Å². The first-order valence-corrected chi connectivity index (χ1v) is 6.65. The number of anilines is 1. The Labute approximate surface area is 114 Å². The van der Waals surface area contributed by atoms with Crippen molar-refractivity contribution < 1.29 is 9.53 Å². The van der Waals surface area contributed by atoms with Crippen molar-refractivity contribution in [2.75, 3.05) is 25.9 Å². The summed E-state index contributed by atoms with van der Waals surface area (Å²) in [6, 6.07) is 5.50. The van der Waals surface area contributed by atoms with E-state index < -0.39 is 0 Å². The van der Waals surface area contributed by atoms with Crippen molar-refractivity contribution in [3.05, 3.63) is 29.3 Å². The molecule has 0 saturated carbocycles. The normalized spacial score (nSPS) is 23.4. The zero-order valence-electron chi connectivity index (χ0n) is 11.9. The number of nitrogen functional groups attached to an aromatic ring is 1. The van der Waals surface area contributed by atoms with Crippen LogP contribution >= 0.6 is 0 Å². The maximum Gasteiger partial charge on any atom is 0.254 e. The predicted molar refractivity (Wildman–Crippen MR) is 76.1 cm³/mol. The number of piperidine rings is 1. The van der Waals surface area contributed by atoms with Crippen molar-refractivity contribution in [3.8, 4) is 0 Å². The van der Waals surface area contributed by atoms with Crippen LogP contribution in [0.25, 0.3) is 0 Å². The van der Waals surface area contributed by atoms with E-state index in [-0.39, 0.29) is 11.5 Å². The van der Waals surface area contributed by atoms with Gasteiger partial charge in [-0.25, -0.2) is 0 Å². The van der Waals surface area contributed by atoms with E-state index in [0.717, 1.165) is 24.9 Å². The van der Waals surface area contributed by atoms with Gasteiger partial charge in [0.1, 0.15) is 0 Å². The van der Waals surface area contributed by atoms with E-state index in [1.54, 1.807) is 13.2 Å². The van der Waals surface area contributed by atoms with E-state index >= 15 is 0 Å². The van der Waals surface area contributed by atoms with Crippen LogP contribution in [0.4, 0.5) is 5.69 Å². The van der Waals surface area contributed by atoms with Crippen LogP contribution in [0.2, 0.25) is 0 Å². The number of methoxy groups -OCH3 is 1. The lowest BCUT2D eigenvalue weighted by molar-refractivity contribution is -0.0440. The summed E-state index contributed by atoms with van der Waals surface area (Å²) >= 11 is 0. The molecular formula is C15H22N2O2. The lowest BCUT2D eigenvalue weighted by atomic mass is 9.94. The van der Waals surface area contributed by atoms with Gasteiger partial charge in [0, 0.05) is 31.5 Å². The van der Waals surface area contributed by atoms with Gasteiger partial charge < -0.3 is 15.4 Å². The minimum atomic E-state index is -0.233. The fourth-order valence-corrected chi connectivity index (χ4v) is 2.66. The number of aryl methyl sites for hydroxylation is 1. The van der Waals surface area contributed by atoms with Crippen LogP contribution in [0.5, 0.6) is 0 Å². The number of nitrogens with zero attached hydrogens (tertiary/aromatic N) is 1. The molecule has 0 radical (unpaired) electrons. The highest BCUT2D eigenvalue weighted by Crippen LogP contribution is 2.25. The van der Waals surface area contributed by atoms with Gasteiger partial charge in [0.15, 0.2) is 0 Å². The first-order valence-electron chi connectivity index (χ1n) is 6.65. The molecule has 1 aliphatic rings. The van der Waals surface area contributed by atoms with Crippen LogP contribution in [0.15, 0.2) is 18.2 Å². The van der Waals surface area contributed by atoms with Crippen LogP contribution in [-0.4, -0.2) is 36.6 Å². The Hall–Kier alpha value is -1.55. The molecule has 4 heteroatoms. The third kappa shape index (κ3) is 3.07. The van der Waals surface area contributed by atoms with Gasteiger partial charge in [0.2, 0.25) is 0 Å². The van der Waals surface area contributed by atoms with Gasteiger partial charge in [-0.3, -0.25) is 4.79 Å². The number of nitrogens with two attached hydrogens (primary N) is 1. The SMILES string of the molecule is COC1(C)CCCN(C(=O)c2cc(C)cc(N)c2)C1. The highest BCUT2D eigenvalue weighted by Gasteiger charge is 2.33. The Kier molecular flexibility index (Phi) is 3.80. The molecule has 1 aromatic rings. The Bertz CT molecular complexity index is 467. The van der Waals surface area contributed by atoms with E-state index in [9.17, 15) is 4.79 Å². The quantitative estimate of drug-likeness (QED) is 0.831. The smallest absolute Gasteiger partial charge is 0.254 e. The second-order valence-electron chi connectivity index (χ2n) is 5.62. The Morgan fingerprint density at radius 1 is 1.42 bits per heavy atom. The molecule has 4 nitrogen and oxygen atoms in total. The second-order valence-corrected chi connectivity index (χ2v) is 5.62. The highest BCUT2D eigenvalue weighted by molar-refractivity contribution is 5.95. The Morgan fingerprint density at radius 2 is 2.16 bits per heavy atom. The minimum Gasteiger partial charge on any atom is -0.399 e. The molecule has 1 aliphatic heterocycles. The number of hydrogen-bond acceptors (Lipinski definition) is 3. The van der Waals surface area contributed by atoms with Crippen molar-refractivity contribution in [3.63, 3.8) is 0 Å². The van der Waals surface area contributed by atoms with Crippen LogP contribution in [0.1, 0.15) is 35.7 Å². The maximum atomic E-state index is 12.5. The summed E-state index contributed by atoms with van der Waals surface area (Å²) in [6.07, 6.45) is 1.96. The zero-order chi connectivity index (χ0) is 14.0. The molecule has 1 amide bonds. The van der Waals surface area contributed by atoms with Crippen LogP contribution in [0.3, 0.4) is 0 Å². The lowest BCUT2D eigenvalue weighted by Gasteiger charge is -2.39. The molecule has 2 N–H and O–H groups in total. The third-order valence-electron chi connectivity index (χ3n) is 3.79. The van der Waals surface area contributed by atoms with E-state index in [0.29, 0.717) is 17.8 Å². The number of ether oxygens (including phenoxy) is 1. The van der Waals surface area contributed by atoms with Crippen LogP contribution in [0, 0.1) is 6.92 Å². The predicted octanol–water partition coefficient (Wildman–Crippen LogP) is 2.22. The summed E-state index contributed by atoms with van der Waals surface area (Å²) in [7, 11) is 1.71. The highest BCUT2D eigenvalue weighted by atomic mass is 16.5. The summed E-state index contributed by atoms with van der Waals surface area (Å²) in [5, 5.41) is 0. The number of benzene rings is 1. The number of hydrogen-bond donors (Lipinski definition) is 1. The summed E-state index contributed by atoms with van der Waals surface area (Å²) in [6.45, 7) is 5.42. The number of amides is 1. The standard InChI is InChI=1S/C15H22N2O2/c1-11-7-12(9-13(16)8-11)14(18)17-6-4-5-15(2,10-17)19-3/h7-9H,4-6,10,16H2,1-3H3. The Balaban J connectivity index is 2.19. The molecule has 1 heterocycles. The lowest BCUT2D eigenvalue weighted by Crippen LogP contribution is -2.49. The van der Waals surface area contributed by atoms with E-state index in [1.807, 2.05) is 24.0 Å². The number of carbonyl (C=O) groups is 1. The monoisotopic (exact) mass is 262 g/mol. The molecule has 2 rings (SSSR count). The van der Waals surface area contributed by atoms with Gasteiger partial charge in [0.25, 0.3) is 5.91 Å². The zero-order valence-corrected chi connectivity index (χ0v) is 11.9. The second kappa shape index (κ2) is 5.21. The van der Waals surface area contributed by atoms with Crippen molar-refractivity contribution in [1.29, 1.82) is 0 Å². The van der Waals surface area contributed by atoms with Gasteiger partial charge in [-0.05, 0) is 50.5 Å². The molecule has 0 bridgehead atoms. The number of rotatable bonds is 2. The molecule has 1 unspecified atom stereocenters. The maximum absolute atomic E-state index is 12.5. The number of carbonyl (C=O) groups excluding carboxylic acids is 1. The van der Waals surface area contributed by atoms with Gasteiger partial charge in [0.05, 0.1) is 5.60 Å². The van der Waals surface area contributed by atoms with Crippen molar-refractivity contribution >= 4 is 11.6 Å². The summed E-state index contributed by atoms with van der Waals surface area (Å²) in [4.78, 5) is 14.4. The van der Waals surface area contributed by atoms with E-state index in [4.69, 9.17) is 10.5 Å². The van der Waals surface area contributed by atoms with Crippen molar-refractivity contribution in [1.82, 2.24) is 4.90 Å². The fourth-order valence-electron chi connectivity index (χ4n) is 2.66. The minimum absolute atomic E-state index is 0.0402. The summed E-state index contributed by atoms with van der Waals surface area (Å²) < 4.78 is 5.52. The average molecular weight is 262 g/mol. The molecule has 1 saturated heterocycles. The average Bonchev–Trinajstić information content (AvgIpc) is 2.37. The van der Waals surface area contributed by atoms with Crippen molar-refractivity contribution in [2.45, 2.75) is 32.3 Å². The van der Waals surface area contributed by atoms with E-state index in [1.165, 1.54) is 0 Å². The molecule has 0 spiro atoms. The molecule has 0 aromatic heterocycles. The van der Waals surface area contributed by atoms with Crippen LogP contribution in [-0.2, 0) is 4.74 Å². The Morgan fingerprint density at radius 3 is 2.79 bits per heavy atom. The molecular weight excluding hydrogens is 240 g/mol. The largest absolute Gasteiger partial charge is 0.399 e. The topological polar surface area (TPSA) is 55.6 Å². The molecule has 19 heavy (non-hydrogen) atoms. The van der Waals surface area contributed by atoms with Crippen molar-refractivity contribution in [2.24, 2.45) is 0 Å². The molecule has 1 fully saturated rings. The van der Waals surface area contributed by atoms with Gasteiger partial charge >= 0.3 is 0 Å². The molecule has 104 valence electrons. The molecule has 1 aromatic carbocycles. The first-order chi connectivity index (χ1) is 8.93. The van der Waals surface area contributed by atoms with Gasteiger partial charge in [-0.15, -0.1) is 0 Å². The van der Waals surface area contributed by atoms with E-state index in [2.05, 4.69) is 6.92 Å². The summed E-state index contributed by atoms with van der Waals surface area (Å²) in [5.41, 5.74) is 7.89. The molecule has 0 aliphatic carbocycles. The van der Waals surface area contributed by atoms with Crippen LogP contribution < -0.4 is 5.73 Å². The fraction of sp³-hybridized carbons (Fsp3) is 0.533. The summed E-state index contributed by atoms with van der Waals surface area (Å²) in [5.74, 6) is 0.0402. The molecule has 1 atom stereocenters. The third-order valence-corrected chi connectivity index (χ3v) is 3.79.